The van der Waals surface area contributed by atoms with Gasteiger partial charge in [-0.2, -0.15) is 0 Å². The van der Waals surface area contributed by atoms with Gasteiger partial charge in [0.15, 0.2) is 18.1 Å². The lowest BCUT2D eigenvalue weighted by Crippen LogP contribution is -2.48. The number of benzene rings is 1. The molecule has 0 aromatic heterocycles. The fraction of sp³-hybridized carbons (Fsp3) is 0.600. The number of piperidine rings is 1. The summed E-state index contributed by atoms with van der Waals surface area (Å²) >= 11 is 0. The number of carbonyl (C=O) groups excluding carboxylic acids is 1. The smallest absolute Gasteiger partial charge is 0.341 e. The normalized spacial score (nSPS) is 29.6. The predicted octanol–water partition coefficient (Wildman–Crippen LogP) is 3.34. The number of aliphatic carboxylic acids is 1. The molecule has 2 saturated heterocycles. The Hall–Kier alpha value is -2.38. The molecule has 2 unspecified atom stereocenters. The highest BCUT2D eigenvalue weighted by molar-refractivity contribution is 5.95. The summed E-state index contributed by atoms with van der Waals surface area (Å²) in [5.41, 5.74) is -0.512. The first-order valence-electron chi connectivity index (χ1n) is 9.58. The van der Waals surface area contributed by atoms with Gasteiger partial charge in [0.25, 0.3) is 11.8 Å². The lowest BCUT2D eigenvalue weighted by molar-refractivity contribution is -0.139. The maximum atomic E-state index is 13.8. The van der Waals surface area contributed by atoms with Crippen molar-refractivity contribution >= 4 is 11.9 Å². The molecule has 2 bridgehead atoms. The molecule has 1 N–H and O–H groups in total. The van der Waals surface area contributed by atoms with E-state index in [9.17, 15) is 18.4 Å². The third kappa shape index (κ3) is 3.08. The van der Waals surface area contributed by atoms with Gasteiger partial charge in [0.2, 0.25) is 0 Å². The molecule has 2 heterocycles. The molecule has 3 fully saturated rings. The highest BCUT2D eigenvalue weighted by Gasteiger charge is 2.74. The minimum absolute atomic E-state index is 0.0564. The van der Waals surface area contributed by atoms with Crippen molar-refractivity contribution in [1.29, 1.82) is 0 Å². The molecule has 2 atom stereocenters. The second-order valence-electron chi connectivity index (χ2n) is 7.94. The number of hydrogen-bond acceptors (Lipinski definition) is 4. The first-order valence-corrected chi connectivity index (χ1v) is 9.58. The number of nitrogens with zero attached hydrogens (tertiary/aromatic N) is 1. The van der Waals surface area contributed by atoms with Gasteiger partial charge in [0.05, 0.1) is 6.61 Å². The molecule has 0 radical (unpaired) electrons. The molecule has 8 heteroatoms. The number of carboxylic acids is 1. The van der Waals surface area contributed by atoms with Crippen molar-refractivity contribution in [3.63, 3.8) is 0 Å². The Morgan fingerprint density at radius 1 is 1.18 bits per heavy atom. The van der Waals surface area contributed by atoms with E-state index in [1.165, 1.54) is 6.07 Å². The zero-order valence-electron chi connectivity index (χ0n) is 15.6. The summed E-state index contributed by atoms with van der Waals surface area (Å²) in [6.07, 6.45) is 2.18. The van der Waals surface area contributed by atoms with E-state index in [-0.39, 0.29) is 30.2 Å². The highest BCUT2D eigenvalue weighted by atomic mass is 19.3. The van der Waals surface area contributed by atoms with E-state index in [1.807, 2.05) is 0 Å². The van der Waals surface area contributed by atoms with Gasteiger partial charge in [0.1, 0.15) is 0 Å². The Kier molecular flexibility index (Phi) is 4.47. The average Bonchev–Trinajstić information content (AvgIpc) is 3.03. The summed E-state index contributed by atoms with van der Waals surface area (Å²) in [5.74, 6) is -3.35. The summed E-state index contributed by atoms with van der Waals surface area (Å²) in [6, 6.07) is 4.32. The average molecular weight is 395 g/mol. The molecule has 6 nitrogen and oxygen atoms in total. The number of ether oxygens (including phenoxy) is 2. The lowest BCUT2D eigenvalue weighted by Gasteiger charge is -2.39. The number of alkyl halides is 2. The molecule has 1 amide bonds. The topological polar surface area (TPSA) is 76.1 Å². The van der Waals surface area contributed by atoms with Crippen LogP contribution in [0.2, 0.25) is 0 Å². The fourth-order valence-electron chi connectivity index (χ4n) is 4.82. The first kappa shape index (κ1) is 19.0. The Morgan fingerprint density at radius 3 is 2.36 bits per heavy atom. The number of hydrogen-bond donors (Lipinski definition) is 1. The SMILES string of the molecule is CCOc1cc(C(=O)N2C3CCC2CC2(C3)CC2(F)F)ccc1OCC(=O)O. The third-order valence-electron chi connectivity index (χ3n) is 6.16. The second-order valence-corrected chi connectivity index (χ2v) is 7.94. The number of amides is 1. The zero-order valence-corrected chi connectivity index (χ0v) is 15.6. The van der Waals surface area contributed by atoms with Gasteiger partial charge in [-0.3, -0.25) is 4.79 Å². The van der Waals surface area contributed by atoms with E-state index in [4.69, 9.17) is 14.6 Å². The molecule has 1 aliphatic carbocycles. The van der Waals surface area contributed by atoms with E-state index in [1.54, 1.807) is 24.0 Å². The van der Waals surface area contributed by atoms with Crippen LogP contribution in [-0.2, 0) is 4.79 Å². The van der Waals surface area contributed by atoms with Crippen molar-refractivity contribution in [2.24, 2.45) is 5.41 Å². The number of rotatable bonds is 6. The van der Waals surface area contributed by atoms with Crippen LogP contribution in [0.1, 0.15) is 49.4 Å². The van der Waals surface area contributed by atoms with E-state index < -0.39 is 23.9 Å². The molecule has 3 aliphatic rings. The Labute approximate surface area is 161 Å². The Morgan fingerprint density at radius 2 is 1.82 bits per heavy atom. The predicted molar refractivity (Wildman–Crippen MR) is 95.0 cm³/mol. The maximum Gasteiger partial charge on any atom is 0.341 e. The van der Waals surface area contributed by atoms with Crippen LogP contribution >= 0.6 is 0 Å². The number of carboxylic acid groups (broad SMARTS) is 1. The monoisotopic (exact) mass is 395 g/mol. The van der Waals surface area contributed by atoms with E-state index >= 15 is 0 Å². The van der Waals surface area contributed by atoms with Crippen LogP contribution in [0, 0.1) is 5.41 Å². The summed E-state index contributed by atoms with van der Waals surface area (Å²) in [5, 5.41) is 8.78. The molecule has 2 aliphatic heterocycles. The van der Waals surface area contributed by atoms with E-state index in [0.717, 1.165) is 12.8 Å². The van der Waals surface area contributed by atoms with Gasteiger partial charge in [-0.05, 0) is 50.8 Å². The molecule has 28 heavy (non-hydrogen) atoms. The van der Waals surface area contributed by atoms with Crippen LogP contribution in [0.4, 0.5) is 8.78 Å². The highest BCUT2D eigenvalue weighted by Crippen LogP contribution is 2.69. The van der Waals surface area contributed by atoms with Crippen molar-refractivity contribution < 1.29 is 33.0 Å². The fourth-order valence-corrected chi connectivity index (χ4v) is 4.82. The minimum atomic E-state index is -2.59. The molecule has 4 rings (SSSR count). The van der Waals surface area contributed by atoms with Gasteiger partial charge >= 0.3 is 5.97 Å². The van der Waals surface area contributed by atoms with Crippen LogP contribution in [-0.4, -0.2) is 53.1 Å². The van der Waals surface area contributed by atoms with Crippen LogP contribution in [0.25, 0.3) is 0 Å². The maximum absolute atomic E-state index is 13.8. The van der Waals surface area contributed by atoms with Crippen molar-refractivity contribution in [1.82, 2.24) is 4.90 Å². The van der Waals surface area contributed by atoms with Gasteiger partial charge in [-0.25, -0.2) is 13.6 Å². The molecule has 1 saturated carbocycles. The van der Waals surface area contributed by atoms with Gasteiger partial charge < -0.3 is 19.5 Å². The summed E-state index contributed by atoms with van der Waals surface area (Å²) in [6.45, 7) is 1.59. The number of halogens is 2. The van der Waals surface area contributed by atoms with Crippen LogP contribution in [0.3, 0.4) is 0 Å². The lowest BCUT2D eigenvalue weighted by atomic mass is 9.86. The van der Waals surface area contributed by atoms with Crippen molar-refractivity contribution in [2.75, 3.05) is 13.2 Å². The molecular weight excluding hydrogens is 372 g/mol. The first-order chi connectivity index (χ1) is 13.3. The number of fused-ring (bicyclic) bond motifs is 2. The summed E-state index contributed by atoms with van der Waals surface area (Å²) in [4.78, 5) is 25.6. The summed E-state index contributed by atoms with van der Waals surface area (Å²) < 4.78 is 38.4. The van der Waals surface area contributed by atoms with Crippen LogP contribution in [0.15, 0.2) is 18.2 Å². The number of carbonyl (C=O) groups is 2. The Bertz CT molecular complexity index is 798. The zero-order chi connectivity index (χ0) is 20.1. The van der Waals surface area contributed by atoms with Crippen molar-refractivity contribution in [2.45, 2.75) is 57.0 Å². The van der Waals surface area contributed by atoms with Crippen LogP contribution in [0.5, 0.6) is 11.5 Å². The molecule has 1 aromatic rings. The third-order valence-corrected chi connectivity index (χ3v) is 6.16. The van der Waals surface area contributed by atoms with Crippen molar-refractivity contribution in [3.05, 3.63) is 23.8 Å². The minimum Gasteiger partial charge on any atom is -0.490 e. The van der Waals surface area contributed by atoms with E-state index in [0.29, 0.717) is 30.8 Å². The quantitative estimate of drug-likeness (QED) is 0.800. The largest absolute Gasteiger partial charge is 0.490 e. The standard InChI is InChI=1S/C20H23F2NO5/c1-2-27-16-7-12(3-6-15(16)28-10-17(24)25)18(26)23-13-4-5-14(23)9-19(8-13)11-20(19,21)22/h3,6-7,13-14H,2,4-5,8-11H2,1H3,(H,24,25). The molecule has 152 valence electrons. The van der Waals surface area contributed by atoms with Crippen LogP contribution < -0.4 is 9.47 Å². The van der Waals surface area contributed by atoms with Gasteiger partial charge in [-0.1, -0.05) is 0 Å². The summed E-state index contributed by atoms with van der Waals surface area (Å²) in [7, 11) is 0. The molecular formula is C20H23F2NO5. The van der Waals surface area contributed by atoms with E-state index in [2.05, 4.69) is 0 Å². The second kappa shape index (κ2) is 6.60. The molecule has 1 aromatic carbocycles. The van der Waals surface area contributed by atoms with Gasteiger partial charge in [0, 0.05) is 29.5 Å². The van der Waals surface area contributed by atoms with Crippen molar-refractivity contribution in [3.8, 4) is 11.5 Å². The Balaban J connectivity index is 1.53. The van der Waals surface area contributed by atoms with Gasteiger partial charge in [-0.15, -0.1) is 0 Å². The molecule has 1 spiro atoms.